The SMILES string of the molecule is Cc1ccccc1C1(CON)CC1. The van der Waals surface area contributed by atoms with Crippen molar-refractivity contribution in [2.45, 2.75) is 25.2 Å². The summed E-state index contributed by atoms with van der Waals surface area (Å²) >= 11 is 0. The van der Waals surface area contributed by atoms with Crippen LogP contribution < -0.4 is 5.90 Å². The smallest absolute Gasteiger partial charge is 0.0776 e. The van der Waals surface area contributed by atoms with Gasteiger partial charge in [0.05, 0.1) is 6.61 Å². The lowest BCUT2D eigenvalue weighted by molar-refractivity contribution is 0.116. The molecule has 0 amide bonds. The summed E-state index contributed by atoms with van der Waals surface area (Å²) in [5.74, 6) is 5.14. The molecule has 1 fully saturated rings. The zero-order valence-corrected chi connectivity index (χ0v) is 7.92. The van der Waals surface area contributed by atoms with E-state index in [2.05, 4.69) is 31.2 Å². The van der Waals surface area contributed by atoms with E-state index in [-0.39, 0.29) is 5.41 Å². The average Bonchev–Trinajstić information content (AvgIpc) is 2.87. The summed E-state index contributed by atoms with van der Waals surface area (Å²) in [5, 5.41) is 0. The van der Waals surface area contributed by atoms with Gasteiger partial charge in [-0.25, -0.2) is 5.90 Å². The van der Waals surface area contributed by atoms with Gasteiger partial charge in [-0.15, -0.1) is 0 Å². The fourth-order valence-electron chi connectivity index (χ4n) is 1.97. The van der Waals surface area contributed by atoms with E-state index in [0.717, 1.165) is 0 Å². The average molecular weight is 177 g/mol. The maximum atomic E-state index is 5.14. The van der Waals surface area contributed by atoms with Crippen LogP contribution in [0.1, 0.15) is 24.0 Å². The largest absolute Gasteiger partial charge is 0.304 e. The third-order valence-corrected chi connectivity index (χ3v) is 2.93. The molecule has 13 heavy (non-hydrogen) atoms. The lowest BCUT2D eigenvalue weighted by Gasteiger charge is -2.16. The topological polar surface area (TPSA) is 35.2 Å². The highest BCUT2D eigenvalue weighted by Crippen LogP contribution is 2.49. The van der Waals surface area contributed by atoms with Gasteiger partial charge in [0.25, 0.3) is 0 Å². The van der Waals surface area contributed by atoms with Crippen molar-refractivity contribution in [2.75, 3.05) is 6.61 Å². The van der Waals surface area contributed by atoms with Crippen molar-refractivity contribution in [3.05, 3.63) is 35.4 Å². The van der Waals surface area contributed by atoms with Gasteiger partial charge >= 0.3 is 0 Å². The molecule has 2 N–H and O–H groups in total. The highest BCUT2D eigenvalue weighted by molar-refractivity contribution is 5.37. The second-order valence-corrected chi connectivity index (χ2v) is 3.91. The molecule has 0 saturated heterocycles. The molecule has 1 aromatic carbocycles. The van der Waals surface area contributed by atoms with Crippen LogP contribution in [-0.4, -0.2) is 6.61 Å². The first-order valence-electron chi connectivity index (χ1n) is 4.66. The van der Waals surface area contributed by atoms with E-state index >= 15 is 0 Å². The number of hydrogen-bond acceptors (Lipinski definition) is 2. The Hall–Kier alpha value is -0.860. The zero-order valence-electron chi connectivity index (χ0n) is 7.92. The normalized spacial score (nSPS) is 18.6. The van der Waals surface area contributed by atoms with Crippen LogP contribution in [0.25, 0.3) is 0 Å². The molecule has 2 nitrogen and oxygen atoms in total. The molecule has 1 saturated carbocycles. The molecule has 0 spiro atoms. The van der Waals surface area contributed by atoms with E-state index in [1.807, 2.05) is 0 Å². The Morgan fingerprint density at radius 1 is 1.38 bits per heavy atom. The van der Waals surface area contributed by atoms with Crippen LogP contribution in [0.4, 0.5) is 0 Å². The van der Waals surface area contributed by atoms with Crippen LogP contribution in [0.5, 0.6) is 0 Å². The maximum Gasteiger partial charge on any atom is 0.0776 e. The molecule has 0 unspecified atom stereocenters. The summed E-state index contributed by atoms with van der Waals surface area (Å²) in [4.78, 5) is 4.78. The first-order valence-corrected chi connectivity index (χ1v) is 4.66. The number of nitrogens with two attached hydrogens (primary N) is 1. The van der Waals surface area contributed by atoms with Gasteiger partial charge in [0, 0.05) is 5.41 Å². The molecule has 0 radical (unpaired) electrons. The van der Waals surface area contributed by atoms with Gasteiger partial charge < -0.3 is 4.84 Å². The molecule has 0 aromatic heterocycles. The quantitative estimate of drug-likeness (QED) is 0.716. The van der Waals surface area contributed by atoms with Crippen LogP contribution in [0.3, 0.4) is 0 Å². The van der Waals surface area contributed by atoms with Crippen LogP contribution in [0, 0.1) is 6.92 Å². The van der Waals surface area contributed by atoms with Gasteiger partial charge in [0.2, 0.25) is 0 Å². The molecule has 1 aliphatic carbocycles. The fraction of sp³-hybridized carbons (Fsp3) is 0.455. The van der Waals surface area contributed by atoms with Crippen molar-refractivity contribution in [2.24, 2.45) is 5.90 Å². The lowest BCUT2D eigenvalue weighted by atomic mass is 9.93. The molecule has 0 heterocycles. The Bertz CT molecular complexity index is 305. The molecule has 70 valence electrons. The van der Waals surface area contributed by atoms with Gasteiger partial charge in [-0.1, -0.05) is 24.3 Å². The number of benzene rings is 1. The van der Waals surface area contributed by atoms with Crippen molar-refractivity contribution in [3.8, 4) is 0 Å². The van der Waals surface area contributed by atoms with Crippen LogP contribution in [0.15, 0.2) is 24.3 Å². The third kappa shape index (κ3) is 1.47. The fourth-order valence-corrected chi connectivity index (χ4v) is 1.97. The van der Waals surface area contributed by atoms with E-state index in [1.165, 1.54) is 24.0 Å². The first-order chi connectivity index (χ1) is 6.28. The Labute approximate surface area is 78.7 Å². The summed E-state index contributed by atoms with van der Waals surface area (Å²) in [6.45, 7) is 2.80. The number of rotatable bonds is 3. The van der Waals surface area contributed by atoms with Crippen molar-refractivity contribution in [1.29, 1.82) is 0 Å². The van der Waals surface area contributed by atoms with E-state index < -0.39 is 0 Å². The van der Waals surface area contributed by atoms with Gasteiger partial charge in [0.15, 0.2) is 0 Å². The van der Waals surface area contributed by atoms with Gasteiger partial charge in [0.1, 0.15) is 0 Å². The van der Waals surface area contributed by atoms with E-state index in [4.69, 9.17) is 10.7 Å². The van der Waals surface area contributed by atoms with Gasteiger partial charge in [-0.05, 0) is 30.9 Å². The van der Waals surface area contributed by atoms with Crippen molar-refractivity contribution in [3.63, 3.8) is 0 Å². The molecule has 0 bridgehead atoms. The molecule has 0 aliphatic heterocycles. The summed E-state index contributed by atoms with van der Waals surface area (Å²) in [6, 6.07) is 8.48. The van der Waals surface area contributed by atoms with E-state index in [9.17, 15) is 0 Å². The highest BCUT2D eigenvalue weighted by Gasteiger charge is 2.45. The first kappa shape index (κ1) is 8.73. The van der Waals surface area contributed by atoms with Crippen LogP contribution in [0.2, 0.25) is 0 Å². The minimum Gasteiger partial charge on any atom is -0.304 e. The summed E-state index contributed by atoms with van der Waals surface area (Å²) in [7, 11) is 0. The minimum absolute atomic E-state index is 0.236. The molecular weight excluding hydrogens is 162 g/mol. The standard InChI is InChI=1S/C11H15NO/c1-9-4-2-3-5-10(9)11(6-7-11)8-13-12/h2-5H,6-8,12H2,1H3. The molecule has 2 rings (SSSR count). The third-order valence-electron chi connectivity index (χ3n) is 2.93. The van der Waals surface area contributed by atoms with Gasteiger partial charge in [-0.2, -0.15) is 0 Å². The second-order valence-electron chi connectivity index (χ2n) is 3.91. The van der Waals surface area contributed by atoms with Crippen molar-refractivity contribution < 1.29 is 4.84 Å². The Balaban J connectivity index is 2.30. The number of aryl methyl sites for hydroxylation is 1. The summed E-state index contributed by atoms with van der Waals surface area (Å²) in [5.41, 5.74) is 2.98. The Morgan fingerprint density at radius 3 is 2.62 bits per heavy atom. The van der Waals surface area contributed by atoms with E-state index in [1.54, 1.807) is 0 Å². The Morgan fingerprint density at radius 2 is 2.08 bits per heavy atom. The van der Waals surface area contributed by atoms with E-state index in [0.29, 0.717) is 6.61 Å². The molecular formula is C11H15NO. The van der Waals surface area contributed by atoms with Gasteiger partial charge in [-0.3, -0.25) is 0 Å². The molecule has 1 aliphatic rings. The van der Waals surface area contributed by atoms with Crippen molar-refractivity contribution in [1.82, 2.24) is 0 Å². The monoisotopic (exact) mass is 177 g/mol. The predicted octanol–water partition coefficient (Wildman–Crippen LogP) is 1.92. The highest BCUT2D eigenvalue weighted by atomic mass is 16.6. The Kier molecular flexibility index (Phi) is 2.10. The molecule has 0 atom stereocenters. The minimum atomic E-state index is 0.236. The second kappa shape index (κ2) is 3.13. The van der Waals surface area contributed by atoms with Crippen molar-refractivity contribution >= 4 is 0 Å². The maximum absolute atomic E-state index is 5.14. The summed E-state index contributed by atoms with van der Waals surface area (Å²) < 4.78 is 0. The van der Waals surface area contributed by atoms with Crippen LogP contribution in [-0.2, 0) is 10.3 Å². The molecule has 2 heteroatoms. The number of hydrogen-bond donors (Lipinski definition) is 1. The van der Waals surface area contributed by atoms with Crippen LogP contribution >= 0.6 is 0 Å². The molecule has 1 aromatic rings. The summed E-state index contributed by atoms with van der Waals surface area (Å²) in [6.07, 6.45) is 2.41. The zero-order chi connectivity index (χ0) is 9.31. The lowest BCUT2D eigenvalue weighted by Crippen LogP contribution is -2.19. The predicted molar refractivity (Wildman–Crippen MR) is 52.2 cm³/mol.